The van der Waals surface area contributed by atoms with E-state index in [1.165, 1.54) is 24.3 Å². The Morgan fingerprint density at radius 2 is 1.74 bits per heavy atom. The first kappa shape index (κ1) is 23.6. The molecule has 9 heteroatoms. The second-order valence-corrected chi connectivity index (χ2v) is 7.40. The summed E-state index contributed by atoms with van der Waals surface area (Å²) in [4.78, 5) is 39.0. The SMILES string of the molecule is CCOC(=O)c1nn(-c2ccc(F)cc2)c(=O)cc1NC(=O)c1c(OCC)ccc2ccccc12. The summed E-state index contributed by atoms with van der Waals surface area (Å²) in [5.41, 5.74) is -0.535. The number of benzene rings is 3. The van der Waals surface area contributed by atoms with E-state index in [2.05, 4.69) is 10.4 Å². The van der Waals surface area contributed by atoms with Crippen LogP contribution in [0.2, 0.25) is 0 Å². The minimum atomic E-state index is -0.832. The molecule has 0 bridgehead atoms. The molecule has 0 unspecified atom stereocenters. The van der Waals surface area contributed by atoms with Gasteiger partial charge in [0.05, 0.1) is 30.2 Å². The minimum Gasteiger partial charge on any atom is -0.493 e. The molecule has 1 N–H and O–H groups in total. The van der Waals surface area contributed by atoms with Crippen LogP contribution in [-0.2, 0) is 4.74 Å². The number of halogens is 1. The van der Waals surface area contributed by atoms with Gasteiger partial charge in [-0.05, 0) is 55.0 Å². The number of rotatable bonds is 7. The van der Waals surface area contributed by atoms with Crippen LogP contribution in [0, 0.1) is 5.82 Å². The molecule has 0 spiro atoms. The fourth-order valence-electron chi connectivity index (χ4n) is 3.62. The number of carbonyl (C=O) groups excluding carboxylic acids is 2. The second-order valence-electron chi connectivity index (χ2n) is 7.40. The van der Waals surface area contributed by atoms with E-state index < -0.39 is 23.3 Å². The van der Waals surface area contributed by atoms with Crippen molar-refractivity contribution in [2.24, 2.45) is 0 Å². The lowest BCUT2D eigenvalue weighted by Gasteiger charge is -2.15. The number of aromatic nitrogens is 2. The fourth-order valence-corrected chi connectivity index (χ4v) is 3.62. The number of fused-ring (bicyclic) bond motifs is 1. The third-order valence-electron chi connectivity index (χ3n) is 5.14. The average molecular weight is 475 g/mol. The molecular weight excluding hydrogens is 453 g/mol. The largest absolute Gasteiger partial charge is 0.493 e. The van der Waals surface area contributed by atoms with Crippen LogP contribution in [0.4, 0.5) is 10.1 Å². The number of esters is 1. The molecule has 4 rings (SSSR count). The molecule has 178 valence electrons. The van der Waals surface area contributed by atoms with Crippen molar-refractivity contribution in [3.63, 3.8) is 0 Å². The number of carbonyl (C=O) groups is 2. The summed E-state index contributed by atoms with van der Waals surface area (Å²) >= 11 is 0. The van der Waals surface area contributed by atoms with E-state index in [-0.39, 0.29) is 29.2 Å². The van der Waals surface area contributed by atoms with E-state index in [1.54, 1.807) is 32.0 Å². The maximum Gasteiger partial charge on any atom is 0.360 e. The summed E-state index contributed by atoms with van der Waals surface area (Å²) < 4.78 is 25.0. The Kier molecular flexibility index (Phi) is 6.86. The highest BCUT2D eigenvalue weighted by molar-refractivity contribution is 6.16. The van der Waals surface area contributed by atoms with Gasteiger partial charge in [-0.25, -0.2) is 9.18 Å². The van der Waals surface area contributed by atoms with E-state index >= 15 is 0 Å². The van der Waals surface area contributed by atoms with Crippen molar-refractivity contribution in [3.8, 4) is 11.4 Å². The van der Waals surface area contributed by atoms with E-state index in [4.69, 9.17) is 9.47 Å². The molecule has 0 aliphatic heterocycles. The minimum absolute atomic E-state index is 0.0569. The van der Waals surface area contributed by atoms with Crippen molar-refractivity contribution in [3.05, 3.63) is 94.2 Å². The average Bonchev–Trinajstić information content (AvgIpc) is 2.85. The Bertz CT molecular complexity index is 1460. The zero-order valence-electron chi connectivity index (χ0n) is 19.1. The van der Waals surface area contributed by atoms with E-state index in [0.29, 0.717) is 17.7 Å². The second kappa shape index (κ2) is 10.2. The molecule has 0 saturated carbocycles. The lowest BCUT2D eigenvalue weighted by atomic mass is 10.0. The number of hydrogen-bond acceptors (Lipinski definition) is 6. The molecular formula is C26H22FN3O5. The molecule has 1 amide bonds. The van der Waals surface area contributed by atoms with Gasteiger partial charge >= 0.3 is 5.97 Å². The smallest absolute Gasteiger partial charge is 0.360 e. The number of nitrogens with one attached hydrogen (secondary N) is 1. The van der Waals surface area contributed by atoms with Gasteiger partial charge in [0.15, 0.2) is 5.69 Å². The number of amides is 1. The number of ether oxygens (including phenoxy) is 2. The Balaban J connectivity index is 1.82. The van der Waals surface area contributed by atoms with E-state index in [1.807, 2.05) is 18.2 Å². The molecule has 0 atom stereocenters. The van der Waals surface area contributed by atoms with Crippen LogP contribution in [-0.4, -0.2) is 34.9 Å². The van der Waals surface area contributed by atoms with Gasteiger partial charge in [-0.1, -0.05) is 30.3 Å². The van der Waals surface area contributed by atoms with Gasteiger partial charge in [0.25, 0.3) is 11.5 Å². The van der Waals surface area contributed by atoms with Crippen LogP contribution in [0.25, 0.3) is 16.5 Å². The Hall–Kier alpha value is -4.53. The van der Waals surface area contributed by atoms with E-state index in [9.17, 15) is 18.8 Å². The molecule has 0 aliphatic carbocycles. The van der Waals surface area contributed by atoms with Crippen LogP contribution in [0.3, 0.4) is 0 Å². The van der Waals surface area contributed by atoms with Gasteiger partial charge in [0.2, 0.25) is 0 Å². The van der Waals surface area contributed by atoms with E-state index in [0.717, 1.165) is 16.1 Å². The van der Waals surface area contributed by atoms with Crippen molar-refractivity contribution in [1.82, 2.24) is 9.78 Å². The summed E-state index contributed by atoms with van der Waals surface area (Å²) in [7, 11) is 0. The van der Waals surface area contributed by atoms with Crippen LogP contribution in [0.15, 0.2) is 71.5 Å². The van der Waals surface area contributed by atoms with Gasteiger partial charge in [-0.15, -0.1) is 0 Å². The molecule has 0 aliphatic rings. The summed E-state index contributed by atoms with van der Waals surface area (Å²) in [6, 6.07) is 16.9. The third-order valence-corrected chi connectivity index (χ3v) is 5.14. The van der Waals surface area contributed by atoms with Crippen molar-refractivity contribution < 1.29 is 23.5 Å². The van der Waals surface area contributed by atoms with Crippen LogP contribution >= 0.6 is 0 Å². The summed E-state index contributed by atoms with van der Waals surface area (Å²) in [6.45, 7) is 3.81. The Morgan fingerprint density at radius 3 is 2.46 bits per heavy atom. The molecule has 0 radical (unpaired) electrons. The van der Waals surface area contributed by atoms with Crippen molar-refractivity contribution in [2.45, 2.75) is 13.8 Å². The molecule has 0 saturated heterocycles. The fraction of sp³-hybridized carbons (Fsp3) is 0.154. The highest BCUT2D eigenvalue weighted by Gasteiger charge is 2.23. The van der Waals surface area contributed by atoms with Crippen molar-refractivity contribution in [1.29, 1.82) is 0 Å². The van der Waals surface area contributed by atoms with Crippen LogP contribution in [0.5, 0.6) is 5.75 Å². The summed E-state index contributed by atoms with van der Waals surface area (Å²) in [6.07, 6.45) is 0. The molecule has 35 heavy (non-hydrogen) atoms. The monoisotopic (exact) mass is 475 g/mol. The van der Waals surface area contributed by atoms with Crippen LogP contribution in [0.1, 0.15) is 34.7 Å². The molecule has 0 fully saturated rings. The van der Waals surface area contributed by atoms with Crippen molar-refractivity contribution >= 4 is 28.3 Å². The maximum atomic E-state index is 13.4. The first-order chi connectivity index (χ1) is 16.9. The topological polar surface area (TPSA) is 99.5 Å². The van der Waals surface area contributed by atoms with Gasteiger partial charge in [-0.3, -0.25) is 9.59 Å². The maximum absolute atomic E-state index is 13.4. The summed E-state index contributed by atoms with van der Waals surface area (Å²) in [5.74, 6) is -1.55. The van der Waals surface area contributed by atoms with Gasteiger partial charge in [0.1, 0.15) is 11.6 Å². The van der Waals surface area contributed by atoms with Gasteiger partial charge in [0, 0.05) is 6.07 Å². The molecule has 8 nitrogen and oxygen atoms in total. The lowest BCUT2D eigenvalue weighted by molar-refractivity contribution is 0.0518. The molecule has 1 aromatic heterocycles. The zero-order valence-corrected chi connectivity index (χ0v) is 19.1. The number of nitrogens with zero attached hydrogens (tertiary/aromatic N) is 2. The lowest BCUT2D eigenvalue weighted by Crippen LogP contribution is -2.27. The normalized spacial score (nSPS) is 10.7. The third kappa shape index (κ3) is 4.89. The Morgan fingerprint density at radius 1 is 1.00 bits per heavy atom. The van der Waals surface area contributed by atoms with Gasteiger partial charge < -0.3 is 14.8 Å². The predicted molar refractivity (Wildman–Crippen MR) is 129 cm³/mol. The molecule has 4 aromatic rings. The van der Waals surface area contributed by atoms with Gasteiger partial charge in [-0.2, -0.15) is 9.78 Å². The highest BCUT2D eigenvalue weighted by Crippen LogP contribution is 2.29. The Labute approximate surface area is 199 Å². The predicted octanol–water partition coefficient (Wildman–Crippen LogP) is 4.35. The highest BCUT2D eigenvalue weighted by atomic mass is 19.1. The molecule has 1 heterocycles. The number of anilines is 1. The molecule has 3 aromatic carbocycles. The quantitative estimate of drug-likeness (QED) is 0.399. The van der Waals surface area contributed by atoms with Crippen LogP contribution < -0.4 is 15.6 Å². The standard InChI is InChI=1S/C26H22FN3O5/c1-3-34-21-14-9-16-7-5-6-8-19(16)23(21)25(32)28-20-15-22(31)30(18-12-10-17(27)11-13-18)29-24(20)26(33)35-4-2/h5-15H,3-4H2,1-2H3,(H,28,32). The first-order valence-corrected chi connectivity index (χ1v) is 11.0. The first-order valence-electron chi connectivity index (χ1n) is 11.0. The summed E-state index contributed by atoms with van der Waals surface area (Å²) in [5, 5.41) is 8.21. The number of hydrogen-bond donors (Lipinski definition) is 1. The van der Waals surface area contributed by atoms with Crippen molar-refractivity contribution in [2.75, 3.05) is 18.5 Å². The zero-order chi connectivity index (χ0) is 24.9.